The van der Waals surface area contributed by atoms with Crippen LogP contribution in [0.25, 0.3) is 16.8 Å². The molecule has 0 spiro atoms. The van der Waals surface area contributed by atoms with Gasteiger partial charge in [0.1, 0.15) is 12.4 Å². The number of nitrogens with zero attached hydrogens (tertiary/aromatic N) is 2. The van der Waals surface area contributed by atoms with Gasteiger partial charge in [0.2, 0.25) is 0 Å². The van der Waals surface area contributed by atoms with E-state index in [1.165, 1.54) is 23.7 Å². The van der Waals surface area contributed by atoms with Crippen LogP contribution >= 0.6 is 27.7 Å². The number of carbonyl (C=O) groups is 1. The van der Waals surface area contributed by atoms with Gasteiger partial charge in [0.15, 0.2) is 5.17 Å². The van der Waals surface area contributed by atoms with E-state index in [4.69, 9.17) is 9.73 Å². The predicted molar refractivity (Wildman–Crippen MR) is 175 cm³/mol. The van der Waals surface area contributed by atoms with Crippen molar-refractivity contribution in [2.75, 3.05) is 0 Å². The first-order chi connectivity index (χ1) is 20.1. The van der Waals surface area contributed by atoms with Crippen LogP contribution in [0, 0.1) is 0 Å². The lowest BCUT2D eigenvalue weighted by Crippen LogP contribution is -2.40. The lowest BCUT2D eigenvalue weighted by Gasteiger charge is -2.30. The Kier molecular flexibility index (Phi) is 8.59. The minimum atomic E-state index is 0.0430. The van der Waals surface area contributed by atoms with Gasteiger partial charge in [0, 0.05) is 16.1 Å². The van der Waals surface area contributed by atoms with Gasteiger partial charge in [-0.05, 0) is 83.3 Å². The lowest BCUT2D eigenvalue weighted by atomic mass is 9.94. The molecule has 0 unspecified atom stereocenters. The summed E-state index contributed by atoms with van der Waals surface area (Å²) in [5.74, 6) is 0.805. The fourth-order valence-corrected chi connectivity index (χ4v) is 6.97. The minimum absolute atomic E-state index is 0.0430. The summed E-state index contributed by atoms with van der Waals surface area (Å²) in [6.45, 7) is 2.59. The van der Waals surface area contributed by atoms with Crippen LogP contribution in [-0.4, -0.2) is 22.0 Å². The number of amidine groups is 1. The number of hydrogen-bond donors (Lipinski definition) is 0. The standard InChI is InChI=1S/C35H33BrN2O2S/c1-2-25-10-7-9-15-31(25)37-35-38(28-12-4-3-5-13-28)34(39)33(41-35)22-30-29-14-8-6-11-26(29)18-21-32(30)40-23-24-16-19-27(36)20-17-24/h6-11,14-22,28H,2-5,12-13,23H2,1H3/b33-22+,37-35?. The molecule has 0 atom stereocenters. The van der Waals surface area contributed by atoms with Crippen molar-refractivity contribution in [3.8, 4) is 5.75 Å². The molecule has 6 rings (SSSR count). The summed E-state index contributed by atoms with van der Waals surface area (Å²) in [6.07, 6.45) is 8.48. The number of thioether (sulfide) groups is 1. The van der Waals surface area contributed by atoms with Crippen molar-refractivity contribution >= 4 is 61.3 Å². The highest BCUT2D eigenvalue weighted by Gasteiger charge is 2.39. The third kappa shape index (κ3) is 6.14. The Labute approximate surface area is 254 Å². The van der Waals surface area contributed by atoms with Crippen molar-refractivity contribution in [3.05, 3.63) is 111 Å². The monoisotopic (exact) mass is 624 g/mol. The second-order valence-corrected chi connectivity index (χ2v) is 12.5. The number of fused-ring (bicyclic) bond motifs is 1. The quantitative estimate of drug-likeness (QED) is 0.192. The van der Waals surface area contributed by atoms with Gasteiger partial charge in [0.25, 0.3) is 5.91 Å². The topological polar surface area (TPSA) is 41.9 Å². The second kappa shape index (κ2) is 12.7. The summed E-state index contributed by atoms with van der Waals surface area (Å²) in [5, 5.41) is 2.96. The fourth-order valence-electron chi connectivity index (χ4n) is 5.67. The Morgan fingerprint density at radius 2 is 1.71 bits per heavy atom. The molecule has 2 fully saturated rings. The summed E-state index contributed by atoms with van der Waals surface area (Å²) in [5.41, 5.74) is 4.14. The number of aliphatic imine (C=N–C) groups is 1. The number of ether oxygens (including phenoxy) is 1. The van der Waals surface area contributed by atoms with Crippen LogP contribution in [0.15, 0.2) is 99.3 Å². The molecule has 0 N–H and O–H groups in total. The summed E-state index contributed by atoms with van der Waals surface area (Å²) < 4.78 is 7.43. The molecule has 1 amide bonds. The van der Waals surface area contributed by atoms with Crippen molar-refractivity contribution in [3.63, 3.8) is 0 Å². The average molecular weight is 626 g/mol. The zero-order chi connectivity index (χ0) is 28.2. The van der Waals surface area contributed by atoms with Crippen molar-refractivity contribution in [1.82, 2.24) is 4.90 Å². The van der Waals surface area contributed by atoms with E-state index in [1.807, 2.05) is 47.4 Å². The summed E-state index contributed by atoms with van der Waals surface area (Å²) in [7, 11) is 0. The van der Waals surface area contributed by atoms with E-state index in [1.54, 1.807) is 0 Å². The number of rotatable bonds is 7. The van der Waals surface area contributed by atoms with Crippen molar-refractivity contribution in [1.29, 1.82) is 0 Å². The first kappa shape index (κ1) is 27.8. The molecule has 1 saturated carbocycles. The Hall–Kier alpha value is -3.35. The Morgan fingerprint density at radius 1 is 0.951 bits per heavy atom. The molecule has 41 heavy (non-hydrogen) atoms. The maximum Gasteiger partial charge on any atom is 0.267 e. The van der Waals surface area contributed by atoms with Gasteiger partial charge < -0.3 is 4.74 Å². The molecule has 2 aliphatic rings. The number of carbonyl (C=O) groups excluding carboxylic acids is 1. The first-order valence-electron chi connectivity index (χ1n) is 14.4. The maximum absolute atomic E-state index is 14.1. The summed E-state index contributed by atoms with van der Waals surface area (Å²) in [4.78, 5) is 21.9. The SMILES string of the molecule is CCc1ccccc1N=C1S/C(=C/c2c(OCc3ccc(Br)cc3)ccc3ccccc23)C(=O)N1C1CCCCC1. The van der Waals surface area contributed by atoms with Crippen LogP contribution in [0.4, 0.5) is 5.69 Å². The maximum atomic E-state index is 14.1. The van der Waals surface area contributed by atoms with Gasteiger partial charge in [-0.3, -0.25) is 9.69 Å². The van der Waals surface area contributed by atoms with Crippen molar-refractivity contribution < 1.29 is 9.53 Å². The van der Waals surface area contributed by atoms with Crippen LogP contribution in [0.1, 0.15) is 55.7 Å². The highest BCUT2D eigenvalue weighted by Crippen LogP contribution is 2.41. The van der Waals surface area contributed by atoms with Crippen LogP contribution in [0.2, 0.25) is 0 Å². The molecule has 0 radical (unpaired) electrons. The normalized spacial score (nSPS) is 18.1. The number of para-hydroxylation sites is 1. The van der Waals surface area contributed by atoms with E-state index < -0.39 is 0 Å². The molecule has 4 aromatic rings. The molecule has 4 nitrogen and oxygen atoms in total. The fraction of sp³-hybridized carbons (Fsp3) is 0.257. The van der Waals surface area contributed by atoms with Crippen LogP contribution in [0.5, 0.6) is 5.75 Å². The number of aryl methyl sites for hydroxylation is 1. The van der Waals surface area contributed by atoms with Gasteiger partial charge >= 0.3 is 0 Å². The van der Waals surface area contributed by atoms with Crippen LogP contribution < -0.4 is 4.74 Å². The lowest BCUT2D eigenvalue weighted by molar-refractivity contribution is -0.124. The van der Waals surface area contributed by atoms with Crippen LogP contribution in [-0.2, 0) is 17.8 Å². The molecule has 1 aliphatic heterocycles. The van der Waals surface area contributed by atoms with E-state index in [-0.39, 0.29) is 11.9 Å². The Bertz CT molecular complexity index is 1620. The van der Waals surface area contributed by atoms with E-state index in [0.717, 1.165) is 75.1 Å². The third-order valence-corrected chi connectivity index (χ3v) is 9.39. The smallest absolute Gasteiger partial charge is 0.267 e. The molecule has 1 saturated heterocycles. The molecule has 208 valence electrons. The van der Waals surface area contributed by atoms with Gasteiger partial charge in [-0.25, -0.2) is 4.99 Å². The second-order valence-electron chi connectivity index (χ2n) is 10.6. The molecule has 1 aliphatic carbocycles. The zero-order valence-corrected chi connectivity index (χ0v) is 25.6. The minimum Gasteiger partial charge on any atom is -0.488 e. The highest BCUT2D eigenvalue weighted by molar-refractivity contribution is 9.10. The highest BCUT2D eigenvalue weighted by atomic mass is 79.9. The van der Waals surface area contributed by atoms with E-state index in [2.05, 4.69) is 71.4 Å². The van der Waals surface area contributed by atoms with Gasteiger partial charge in [-0.1, -0.05) is 103 Å². The number of hydrogen-bond acceptors (Lipinski definition) is 4. The van der Waals surface area contributed by atoms with E-state index in [0.29, 0.717) is 11.5 Å². The van der Waals surface area contributed by atoms with E-state index in [9.17, 15) is 4.79 Å². The van der Waals surface area contributed by atoms with Crippen molar-refractivity contribution in [2.45, 2.75) is 58.1 Å². The molecular weight excluding hydrogens is 592 g/mol. The first-order valence-corrected chi connectivity index (χ1v) is 16.0. The molecular formula is C35H33BrN2O2S. The summed E-state index contributed by atoms with van der Waals surface area (Å²) >= 11 is 4.99. The van der Waals surface area contributed by atoms with Gasteiger partial charge in [0.05, 0.1) is 10.6 Å². The van der Waals surface area contributed by atoms with Crippen LogP contribution in [0.3, 0.4) is 0 Å². The number of benzene rings is 4. The number of amides is 1. The Balaban J connectivity index is 1.41. The van der Waals surface area contributed by atoms with Crippen molar-refractivity contribution in [2.24, 2.45) is 4.99 Å². The summed E-state index contributed by atoms with van der Waals surface area (Å²) in [6, 6.07) is 29.0. The van der Waals surface area contributed by atoms with Gasteiger partial charge in [-0.2, -0.15) is 0 Å². The molecule has 0 bridgehead atoms. The van der Waals surface area contributed by atoms with E-state index >= 15 is 0 Å². The van der Waals surface area contributed by atoms with Gasteiger partial charge in [-0.15, -0.1) is 0 Å². The largest absolute Gasteiger partial charge is 0.488 e. The number of halogens is 1. The molecule has 6 heteroatoms. The zero-order valence-electron chi connectivity index (χ0n) is 23.2. The third-order valence-electron chi connectivity index (χ3n) is 7.88. The molecule has 1 heterocycles. The predicted octanol–water partition coefficient (Wildman–Crippen LogP) is 9.68. The average Bonchev–Trinajstić information content (AvgIpc) is 3.32. The molecule has 4 aromatic carbocycles. The Morgan fingerprint density at radius 3 is 2.51 bits per heavy atom. The molecule has 0 aromatic heterocycles.